The van der Waals surface area contributed by atoms with Crippen molar-refractivity contribution < 1.29 is 4.42 Å². The summed E-state index contributed by atoms with van der Waals surface area (Å²) in [5.41, 5.74) is 5.44. The number of benzene rings is 1. The number of fused-ring (bicyclic) bond motifs is 1. The van der Waals surface area contributed by atoms with E-state index in [4.69, 9.17) is 16.6 Å². The Bertz CT molecular complexity index is 1090. The third-order valence-corrected chi connectivity index (χ3v) is 4.75. The molecular formula is C22H20N4OS. The third-order valence-electron chi connectivity index (χ3n) is 4.46. The molecule has 0 atom stereocenters. The summed E-state index contributed by atoms with van der Waals surface area (Å²) in [5.74, 6) is 0.544. The van der Waals surface area contributed by atoms with Crippen LogP contribution in [0.4, 0.5) is 5.69 Å². The summed E-state index contributed by atoms with van der Waals surface area (Å²) in [4.78, 5) is 16.2. The molecule has 6 heteroatoms. The highest BCUT2D eigenvalue weighted by atomic mass is 32.1. The van der Waals surface area contributed by atoms with Gasteiger partial charge < -0.3 is 9.32 Å². The maximum Gasteiger partial charge on any atom is 0.229 e. The maximum atomic E-state index is 5.80. The Hall–Kier alpha value is -3.12. The van der Waals surface area contributed by atoms with Crippen LogP contribution in [0.5, 0.6) is 0 Å². The molecule has 3 aromatic heterocycles. The van der Waals surface area contributed by atoms with Crippen molar-refractivity contribution in [2.75, 3.05) is 19.0 Å². The lowest BCUT2D eigenvalue weighted by molar-refractivity contribution is 0.619. The summed E-state index contributed by atoms with van der Waals surface area (Å²) in [7, 11) is 4.07. The van der Waals surface area contributed by atoms with Crippen LogP contribution in [0.2, 0.25) is 0 Å². The first-order valence-electron chi connectivity index (χ1n) is 9.03. The zero-order chi connectivity index (χ0) is 19.5. The van der Waals surface area contributed by atoms with Gasteiger partial charge in [-0.3, -0.25) is 4.98 Å². The molecule has 0 radical (unpaired) electrons. The van der Waals surface area contributed by atoms with Gasteiger partial charge in [-0.05, 0) is 42.0 Å². The smallest absolute Gasteiger partial charge is 0.229 e. The van der Waals surface area contributed by atoms with Crippen LogP contribution < -0.4 is 4.90 Å². The molecule has 0 saturated heterocycles. The minimum atomic E-state index is 0.544. The van der Waals surface area contributed by atoms with E-state index >= 15 is 0 Å². The Morgan fingerprint density at radius 3 is 2.57 bits per heavy atom. The Morgan fingerprint density at radius 1 is 1.00 bits per heavy atom. The number of rotatable bonds is 6. The van der Waals surface area contributed by atoms with E-state index in [1.54, 1.807) is 12.4 Å². The number of hydrogen-bond donors (Lipinski definition) is 0. The van der Waals surface area contributed by atoms with Crippen molar-refractivity contribution in [1.82, 2.24) is 15.0 Å². The maximum absolute atomic E-state index is 5.80. The summed E-state index contributed by atoms with van der Waals surface area (Å²) in [6.45, 7) is 0. The minimum Gasteiger partial charge on any atom is -0.434 e. The van der Waals surface area contributed by atoms with Crippen LogP contribution in [0, 0.1) is 0 Å². The van der Waals surface area contributed by atoms with Crippen LogP contribution in [0.3, 0.4) is 0 Å². The van der Waals surface area contributed by atoms with Gasteiger partial charge in [-0.25, -0.2) is 4.98 Å². The van der Waals surface area contributed by atoms with E-state index in [1.807, 2.05) is 38.4 Å². The predicted molar refractivity (Wildman–Crippen MR) is 116 cm³/mol. The zero-order valence-electron chi connectivity index (χ0n) is 15.8. The fourth-order valence-electron chi connectivity index (χ4n) is 3.00. The highest BCUT2D eigenvalue weighted by molar-refractivity contribution is 7.80. The van der Waals surface area contributed by atoms with Crippen molar-refractivity contribution in [2.45, 2.75) is 12.8 Å². The van der Waals surface area contributed by atoms with Crippen LogP contribution in [-0.4, -0.2) is 33.9 Å². The average molecular weight is 388 g/mol. The summed E-state index contributed by atoms with van der Waals surface area (Å²) in [6, 6.07) is 16.0. The Labute approximate surface area is 169 Å². The van der Waals surface area contributed by atoms with Gasteiger partial charge in [0.15, 0.2) is 11.2 Å². The van der Waals surface area contributed by atoms with Gasteiger partial charge in [0.1, 0.15) is 0 Å². The molecule has 140 valence electrons. The molecule has 0 amide bonds. The standard InChI is InChI=1S/C22H20N4OS/c1-26(2)18-7-5-15(6-8-18)12-19(28)14-17-13-16(9-11-23-17)22-25-21-20(27-22)4-3-10-24-21/h3-11,13H,12,14H2,1-2H3. The predicted octanol–water partition coefficient (Wildman–Crippen LogP) is 4.51. The Kier molecular flexibility index (Phi) is 5.12. The number of oxazole rings is 1. The van der Waals surface area contributed by atoms with Crippen LogP contribution in [0.1, 0.15) is 11.3 Å². The Morgan fingerprint density at radius 2 is 1.82 bits per heavy atom. The molecule has 1 aromatic carbocycles. The van der Waals surface area contributed by atoms with Crippen molar-refractivity contribution in [3.63, 3.8) is 0 Å². The molecule has 3 heterocycles. The number of anilines is 1. The molecular weight excluding hydrogens is 368 g/mol. The first kappa shape index (κ1) is 18.3. The first-order valence-corrected chi connectivity index (χ1v) is 9.44. The van der Waals surface area contributed by atoms with E-state index in [0.29, 0.717) is 23.5 Å². The van der Waals surface area contributed by atoms with Gasteiger partial charge in [-0.1, -0.05) is 24.4 Å². The van der Waals surface area contributed by atoms with Crippen molar-refractivity contribution in [2.24, 2.45) is 0 Å². The molecule has 0 spiro atoms. The van der Waals surface area contributed by atoms with Crippen molar-refractivity contribution in [3.8, 4) is 11.5 Å². The van der Waals surface area contributed by atoms with Crippen LogP contribution >= 0.6 is 12.2 Å². The second kappa shape index (κ2) is 7.86. The van der Waals surface area contributed by atoms with Crippen LogP contribution in [-0.2, 0) is 12.8 Å². The molecule has 5 nitrogen and oxygen atoms in total. The molecule has 0 aliphatic heterocycles. The molecule has 0 fully saturated rings. The summed E-state index contributed by atoms with van der Waals surface area (Å²) in [5, 5.41) is 0. The van der Waals surface area contributed by atoms with Gasteiger partial charge in [0.2, 0.25) is 5.89 Å². The summed E-state index contributed by atoms with van der Waals surface area (Å²) < 4.78 is 5.80. The fourth-order valence-corrected chi connectivity index (χ4v) is 3.32. The van der Waals surface area contributed by atoms with Gasteiger partial charge in [-0.2, -0.15) is 4.98 Å². The van der Waals surface area contributed by atoms with E-state index in [2.05, 4.69) is 44.1 Å². The molecule has 0 aliphatic rings. The van der Waals surface area contributed by atoms with Crippen molar-refractivity contribution in [3.05, 3.63) is 72.2 Å². The van der Waals surface area contributed by atoms with Crippen molar-refractivity contribution >= 4 is 34.0 Å². The molecule has 0 bridgehead atoms. The number of thiocarbonyl (C=S) groups is 1. The highest BCUT2D eigenvalue weighted by Gasteiger charge is 2.11. The molecule has 28 heavy (non-hydrogen) atoms. The molecule has 0 saturated carbocycles. The quantitative estimate of drug-likeness (QED) is 0.453. The van der Waals surface area contributed by atoms with E-state index in [9.17, 15) is 0 Å². The second-order valence-corrected chi connectivity index (χ2v) is 7.41. The molecule has 0 unspecified atom stereocenters. The lowest BCUT2D eigenvalue weighted by atomic mass is 10.1. The van der Waals surface area contributed by atoms with E-state index in [0.717, 1.165) is 22.5 Å². The minimum absolute atomic E-state index is 0.544. The van der Waals surface area contributed by atoms with Gasteiger partial charge in [0, 0.05) is 61.1 Å². The highest BCUT2D eigenvalue weighted by Crippen LogP contribution is 2.23. The van der Waals surface area contributed by atoms with Crippen molar-refractivity contribution in [1.29, 1.82) is 0 Å². The Balaban J connectivity index is 1.47. The molecule has 0 N–H and O–H groups in total. The lowest BCUT2D eigenvalue weighted by Crippen LogP contribution is -2.09. The number of aromatic nitrogens is 3. The van der Waals surface area contributed by atoms with Gasteiger partial charge in [-0.15, -0.1) is 0 Å². The van der Waals surface area contributed by atoms with E-state index < -0.39 is 0 Å². The third kappa shape index (κ3) is 4.07. The summed E-state index contributed by atoms with van der Waals surface area (Å²) >= 11 is 5.62. The van der Waals surface area contributed by atoms with Gasteiger partial charge >= 0.3 is 0 Å². The largest absolute Gasteiger partial charge is 0.434 e. The monoisotopic (exact) mass is 388 g/mol. The van der Waals surface area contributed by atoms with Gasteiger partial charge in [0.25, 0.3) is 0 Å². The number of pyridine rings is 2. The fraction of sp³-hybridized carbons (Fsp3) is 0.182. The lowest BCUT2D eigenvalue weighted by Gasteiger charge is -2.12. The molecule has 0 aliphatic carbocycles. The average Bonchev–Trinajstić information content (AvgIpc) is 3.13. The van der Waals surface area contributed by atoms with E-state index in [-0.39, 0.29) is 0 Å². The first-order chi connectivity index (χ1) is 13.6. The summed E-state index contributed by atoms with van der Waals surface area (Å²) in [6.07, 6.45) is 4.86. The number of hydrogen-bond acceptors (Lipinski definition) is 6. The SMILES string of the molecule is CN(C)c1ccc(CC(=S)Cc2cc(-c3nc4ncccc4o3)ccn2)cc1. The normalized spacial score (nSPS) is 10.9. The molecule has 4 aromatic rings. The topological polar surface area (TPSA) is 55.1 Å². The zero-order valence-corrected chi connectivity index (χ0v) is 16.6. The van der Waals surface area contributed by atoms with Gasteiger partial charge in [0.05, 0.1) is 0 Å². The number of nitrogens with zero attached hydrogens (tertiary/aromatic N) is 4. The second-order valence-electron chi connectivity index (χ2n) is 6.83. The van der Waals surface area contributed by atoms with Crippen LogP contribution in [0.15, 0.2) is 65.3 Å². The molecule has 4 rings (SSSR count). The van der Waals surface area contributed by atoms with E-state index in [1.165, 1.54) is 11.3 Å². The van der Waals surface area contributed by atoms with Crippen LogP contribution in [0.25, 0.3) is 22.7 Å².